The van der Waals surface area contributed by atoms with Crippen LogP contribution in [0.5, 0.6) is 5.75 Å². The van der Waals surface area contributed by atoms with Gasteiger partial charge in [0.2, 0.25) is 5.95 Å². The zero-order valence-electron chi connectivity index (χ0n) is 16.4. The van der Waals surface area contributed by atoms with Crippen molar-refractivity contribution in [2.45, 2.75) is 25.3 Å². The number of hydrogen-bond donors (Lipinski definition) is 1. The van der Waals surface area contributed by atoms with Crippen molar-refractivity contribution < 1.29 is 4.74 Å². The van der Waals surface area contributed by atoms with Crippen LogP contribution >= 0.6 is 0 Å². The highest BCUT2D eigenvalue weighted by molar-refractivity contribution is 5.58. The van der Waals surface area contributed by atoms with E-state index in [2.05, 4.69) is 32.3 Å². The molecule has 0 aliphatic carbocycles. The molecule has 1 fully saturated rings. The van der Waals surface area contributed by atoms with Crippen molar-refractivity contribution in [2.24, 2.45) is 0 Å². The molecule has 3 heterocycles. The largest absolute Gasteiger partial charge is 0.497 e. The fraction of sp³-hybridized carbons (Fsp3) is 0.381. The Balaban J connectivity index is 1.41. The van der Waals surface area contributed by atoms with Crippen molar-refractivity contribution in [2.75, 3.05) is 32.6 Å². The smallest absolute Gasteiger partial charge is 0.223 e. The molecule has 28 heavy (non-hydrogen) atoms. The lowest BCUT2D eigenvalue weighted by Crippen LogP contribution is -2.27. The highest BCUT2D eigenvalue weighted by atomic mass is 16.5. The second-order valence-corrected chi connectivity index (χ2v) is 7.13. The molecule has 7 heteroatoms. The molecule has 0 spiro atoms. The van der Waals surface area contributed by atoms with Crippen LogP contribution in [0.15, 0.2) is 48.9 Å². The van der Waals surface area contributed by atoms with Crippen molar-refractivity contribution in [1.82, 2.24) is 24.6 Å². The predicted octanol–water partition coefficient (Wildman–Crippen LogP) is 3.23. The molecule has 1 aromatic carbocycles. The summed E-state index contributed by atoms with van der Waals surface area (Å²) in [5, 5.41) is 7.82. The van der Waals surface area contributed by atoms with E-state index in [0.717, 1.165) is 35.7 Å². The van der Waals surface area contributed by atoms with Crippen LogP contribution in [0.4, 0.5) is 5.95 Å². The number of ether oxygens (including phenoxy) is 1. The lowest BCUT2D eigenvalue weighted by molar-refractivity contribution is 0.301. The maximum absolute atomic E-state index is 5.21. The third-order valence-electron chi connectivity index (χ3n) is 5.30. The van der Waals surface area contributed by atoms with Crippen molar-refractivity contribution >= 4 is 5.95 Å². The Labute approximate surface area is 165 Å². The number of benzene rings is 1. The van der Waals surface area contributed by atoms with E-state index in [1.54, 1.807) is 13.3 Å². The zero-order valence-corrected chi connectivity index (χ0v) is 16.4. The van der Waals surface area contributed by atoms with Gasteiger partial charge >= 0.3 is 0 Å². The van der Waals surface area contributed by atoms with Gasteiger partial charge in [0.1, 0.15) is 5.75 Å². The molecule has 7 nitrogen and oxygen atoms in total. The minimum absolute atomic E-state index is 0.662. The molecule has 1 aliphatic rings. The molecular weight excluding hydrogens is 352 g/mol. The summed E-state index contributed by atoms with van der Waals surface area (Å²) in [6.45, 7) is 2.08. The summed E-state index contributed by atoms with van der Waals surface area (Å²) < 4.78 is 7.04. The third-order valence-corrected chi connectivity index (χ3v) is 5.30. The molecule has 2 aromatic heterocycles. The van der Waals surface area contributed by atoms with E-state index in [1.165, 1.54) is 19.4 Å². The molecule has 146 valence electrons. The van der Waals surface area contributed by atoms with Crippen LogP contribution in [0.1, 0.15) is 19.3 Å². The van der Waals surface area contributed by atoms with Gasteiger partial charge in [0, 0.05) is 30.5 Å². The van der Waals surface area contributed by atoms with Crippen LogP contribution in [0.25, 0.3) is 16.9 Å². The molecule has 0 amide bonds. The second kappa shape index (κ2) is 8.39. The van der Waals surface area contributed by atoms with E-state index in [0.29, 0.717) is 12.0 Å². The van der Waals surface area contributed by atoms with Crippen LogP contribution < -0.4 is 10.1 Å². The van der Waals surface area contributed by atoms with E-state index in [9.17, 15) is 0 Å². The highest BCUT2D eigenvalue weighted by Gasteiger charge is 2.20. The number of hydrogen-bond acceptors (Lipinski definition) is 6. The summed E-state index contributed by atoms with van der Waals surface area (Å²) in [5.74, 6) is 1.49. The molecule has 1 aliphatic heterocycles. The highest BCUT2D eigenvalue weighted by Crippen LogP contribution is 2.21. The molecular formula is C21H26N6O. The maximum Gasteiger partial charge on any atom is 0.223 e. The number of rotatable bonds is 7. The van der Waals surface area contributed by atoms with Gasteiger partial charge in [0.25, 0.3) is 0 Å². The van der Waals surface area contributed by atoms with Crippen molar-refractivity contribution in [3.05, 3.63) is 48.9 Å². The van der Waals surface area contributed by atoms with E-state index in [1.807, 2.05) is 47.4 Å². The minimum Gasteiger partial charge on any atom is -0.497 e. The first-order chi connectivity index (χ1) is 13.7. The van der Waals surface area contributed by atoms with Crippen LogP contribution in [0.2, 0.25) is 0 Å². The molecule has 3 aromatic rings. The van der Waals surface area contributed by atoms with E-state index in [4.69, 9.17) is 4.74 Å². The van der Waals surface area contributed by atoms with Crippen LogP contribution in [-0.4, -0.2) is 57.9 Å². The minimum atomic E-state index is 0.662. The Bertz CT molecular complexity index is 907. The molecule has 0 unspecified atom stereocenters. The molecule has 0 bridgehead atoms. The van der Waals surface area contributed by atoms with Gasteiger partial charge in [-0.1, -0.05) is 0 Å². The number of nitrogens with zero attached hydrogens (tertiary/aromatic N) is 5. The average Bonchev–Trinajstić information content (AvgIpc) is 3.38. The van der Waals surface area contributed by atoms with E-state index >= 15 is 0 Å². The number of methoxy groups -OCH3 is 1. The van der Waals surface area contributed by atoms with Crippen LogP contribution in [0.3, 0.4) is 0 Å². The predicted molar refractivity (Wildman–Crippen MR) is 110 cm³/mol. The monoisotopic (exact) mass is 378 g/mol. The standard InChI is InChI=1S/C21H26N6O/c1-26-13-3-4-17(26)9-11-22-21-23-12-10-20(25-21)16-14-24-27(15-16)18-5-7-19(28-2)8-6-18/h5-8,10,12,14-15,17H,3-4,9,11,13H2,1-2H3,(H,22,23,25)/t17-/m1/s1. The SMILES string of the molecule is COc1ccc(-n2cc(-c3ccnc(NCC[C@H]4CCCN4C)n3)cn2)cc1. The second-order valence-electron chi connectivity index (χ2n) is 7.13. The van der Waals surface area contributed by atoms with Crippen LogP contribution in [-0.2, 0) is 0 Å². The maximum atomic E-state index is 5.21. The Hall–Kier alpha value is -2.93. The van der Waals surface area contributed by atoms with Crippen LogP contribution in [0, 0.1) is 0 Å². The van der Waals surface area contributed by atoms with Gasteiger partial charge in [-0.15, -0.1) is 0 Å². The van der Waals surface area contributed by atoms with E-state index < -0.39 is 0 Å². The molecule has 0 saturated carbocycles. The summed E-state index contributed by atoms with van der Waals surface area (Å²) in [7, 11) is 3.86. The summed E-state index contributed by atoms with van der Waals surface area (Å²) >= 11 is 0. The van der Waals surface area contributed by atoms with Crippen molar-refractivity contribution in [1.29, 1.82) is 0 Å². The summed E-state index contributed by atoms with van der Waals surface area (Å²) in [4.78, 5) is 11.4. The zero-order chi connectivity index (χ0) is 19.3. The fourth-order valence-electron chi connectivity index (χ4n) is 3.63. The number of nitrogens with one attached hydrogen (secondary N) is 1. The lowest BCUT2D eigenvalue weighted by atomic mass is 10.1. The van der Waals surface area contributed by atoms with Gasteiger partial charge in [-0.2, -0.15) is 5.10 Å². The van der Waals surface area contributed by atoms with Crippen molar-refractivity contribution in [3.63, 3.8) is 0 Å². The Morgan fingerprint density at radius 2 is 2.07 bits per heavy atom. The summed E-state index contributed by atoms with van der Waals surface area (Å²) in [5.41, 5.74) is 2.78. The summed E-state index contributed by atoms with van der Waals surface area (Å²) in [6, 6.07) is 10.4. The molecule has 1 saturated heterocycles. The lowest BCUT2D eigenvalue weighted by Gasteiger charge is -2.19. The quantitative estimate of drug-likeness (QED) is 0.681. The van der Waals surface area contributed by atoms with Gasteiger partial charge in [0.05, 0.1) is 24.7 Å². The Morgan fingerprint density at radius 1 is 1.21 bits per heavy atom. The summed E-state index contributed by atoms with van der Waals surface area (Å²) in [6.07, 6.45) is 9.27. The van der Waals surface area contributed by atoms with Gasteiger partial charge in [0.15, 0.2) is 0 Å². The first-order valence-electron chi connectivity index (χ1n) is 9.69. The van der Waals surface area contributed by atoms with E-state index in [-0.39, 0.29) is 0 Å². The normalized spacial score (nSPS) is 17.0. The Kier molecular flexibility index (Phi) is 5.53. The average molecular weight is 378 g/mol. The molecule has 1 atom stereocenters. The molecule has 0 radical (unpaired) electrons. The fourth-order valence-corrected chi connectivity index (χ4v) is 3.63. The topological polar surface area (TPSA) is 68.1 Å². The first kappa shape index (κ1) is 18.4. The first-order valence-corrected chi connectivity index (χ1v) is 9.69. The third kappa shape index (κ3) is 4.14. The van der Waals surface area contributed by atoms with Crippen molar-refractivity contribution in [3.8, 4) is 22.7 Å². The van der Waals surface area contributed by atoms with Gasteiger partial charge in [-0.3, -0.25) is 0 Å². The molecule has 1 N–H and O–H groups in total. The number of likely N-dealkylation sites (tertiary alicyclic amines) is 1. The van der Waals surface area contributed by atoms with Gasteiger partial charge < -0.3 is 15.0 Å². The number of aromatic nitrogens is 4. The van der Waals surface area contributed by atoms with Gasteiger partial charge in [-0.05, 0) is 63.2 Å². The molecule has 4 rings (SSSR count). The van der Waals surface area contributed by atoms with Gasteiger partial charge in [-0.25, -0.2) is 14.6 Å². The number of anilines is 1. The Morgan fingerprint density at radius 3 is 2.82 bits per heavy atom.